The standard InChI is InChI=1S/C12H15ClO3/c1-12(4-5-14)15-7-9-2-3-11(13)6-10(9)8-16-12/h2-3,6,14H,4-5,7-8H2,1H3. The Kier molecular flexibility index (Phi) is 3.50. The molecule has 0 amide bonds. The minimum atomic E-state index is -0.708. The van der Waals surface area contributed by atoms with Crippen LogP contribution in [0.5, 0.6) is 0 Å². The van der Waals surface area contributed by atoms with Crippen LogP contribution in [-0.4, -0.2) is 17.5 Å². The summed E-state index contributed by atoms with van der Waals surface area (Å²) in [6.45, 7) is 2.85. The lowest BCUT2D eigenvalue weighted by molar-refractivity contribution is -0.238. The molecule has 1 aromatic rings. The maximum absolute atomic E-state index is 8.96. The molecule has 0 saturated carbocycles. The third-order valence-electron chi connectivity index (χ3n) is 2.80. The molecule has 0 radical (unpaired) electrons. The molecule has 0 bridgehead atoms. The topological polar surface area (TPSA) is 38.7 Å². The maximum Gasteiger partial charge on any atom is 0.168 e. The molecule has 1 N–H and O–H groups in total. The summed E-state index contributed by atoms with van der Waals surface area (Å²) < 4.78 is 11.3. The zero-order chi connectivity index (χ0) is 11.6. The third-order valence-corrected chi connectivity index (χ3v) is 3.04. The molecule has 0 aromatic heterocycles. The van der Waals surface area contributed by atoms with Crippen LogP contribution in [0.4, 0.5) is 0 Å². The van der Waals surface area contributed by atoms with Gasteiger partial charge in [0, 0.05) is 18.1 Å². The number of ether oxygens (including phenoxy) is 2. The van der Waals surface area contributed by atoms with Crippen molar-refractivity contribution in [1.29, 1.82) is 0 Å². The molecule has 88 valence electrons. The predicted octanol–water partition coefficient (Wildman–Crippen LogP) is 2.49. The predicted molar refractivity (Wildman–Crippen MR) is 61.1 cm³/mol. The zero-order valence-corrected chi connectivity index (χ0v) is 9.96. The highest BCUT2D eigenvalue weighted by Gasteiger charge is 2.28. The van der Waals surface area contributed by atoms with Crippen LogP contribution in [0.1, 0.15) is 24.5 Å². The summed E-state index contributed by atoms with van der Waals surface area (Å²) in [4.78, 5) is 0. The largest absolute Gasteiger partial charge is 0.396 e. The van der Waals surface area contributed by atoms with Gasteiger partial charge in [-0.15, -0.1) is 0 Å². The van der Waals surface area contributed by atoms with Crippen molar-refractivity contribution in [3.05, 3.63) is 34.3 Å². The van der Waals surface area contributed by atoms with E-state index >= 15 is 0 Å². The molecule has 2 rings (SSSR count). The van der Waals surface area contributed by atoms with Crippen LogP contribution in [0.2, 0.25) is 5.02 Å². The Bertz CT molecular complexity index is 381. The lowest BCUT2D eigenvalue weighted by Crippen LogP contribution is -2.31. The van der Waals surface area contributed by atoms with Gasteiger partial charge in [0.1, 0.15) is 0 Å². The molecular weight excluding hydrogens is 228 g/mol. The molecule has 3 nitrogen and oxygen atoms in total. The van der Waals surface area contributed by atoms with E-state index in [1.807, 2.05) is 25.1 Å². The average Bonchev–Trinajstić information content (AvgIpc) is 2.40. The smallest absolute Gasteiger partial charge is 0.168 e. The van der Waals surface area contributed by atoms with E-state index in [0.717, 1.165) is 11.1 Å². The van der Waals surface area contributed by atoms with Gasteiger partial charge < -0.3 is 14.6 Å². The van der Waals surface area contributed by atoms with E-state index in [2.05, 4.69) is 0 Å². The SMILES string of the molecule is CC1(CCO)OCc2ccc(Cl)cc2CO1. The second-order valence-corrected chi connectivity index (χ2v) is 4.53. The van der Waals surface area contributed by atoms with E-state index < -0.39 is 5.79 Å². The number of aliphatic hydroxyl groups is 1. The van der Waals surface area contributed by atoms with Gasteiger partial charge >= 0.3 is 0 Å². The minimum Gasteiger partial charge on any atom is -0.396 e. The van der Waals surface area contributed by atoms with Gasteiger partial charge in [-0.1, -0.05) is 17.7 Å². The van der Waals surface area contributed by atoms with Gasteiger partial charge in [0.15, 0.2) is 5.79 Å². The van der Waals surface area contributed by atoms with E-state index in [4.69, 9.17) is 26.2 Å². The fraction of sp³-hybridized carbons (Fsp3) is 0.500. The number of benzene rings is 1. The molecule has 0 fully saturated rings. The molecule has 4 heteroatoms. The van der Waals surface area contributed by atoms with Crippen molar-refractivity contribution in [2.75, 3.05) is 6.61 Å². The first-order valence-corrected chi connectivity index (χ1v) is 5.67. The van der Waals surface area contributed by atoms with Gasteiger partial charge in [-0.05, 0) is 30.2 Å². The molecule has 0 aliphatic carbocycles. The van der Waals surface area contributed by atoms with Crippen LogP contribution in [-0.2, 0) is 22.7 Å². The Balaban J connectivity index is 2.18. The Morgan fingerprint density at radius 2 is 2.00 bits per heavy atom. The van der Waals surface area contributed by atoms with E-state index in [0.29, 0.717) is 24.7 Å². The average molecular weight is 243 g/mol. The Hall–Kier alpha value is -0.610. The quantitative estimate of drug-likeness (QED) is 0.866. The van der Waals surface area contributed by atoms with Gasteiger partial charge in [0.05, 0.1) is 13.2 Å². The van der Waals surface area contributed by atoms with Crippen molar-refractivity contribution in [1.82, 2.24) is 0 Å². The number of rotatable bonds is 2. The van der Waals surface area contributed by atoms with E-state index in [1.165, 1.54) is 0 Å². The summed E-state index contributed by atoms with van der Waals surface area (Å²) in [5, 5.41) is 9.66. The van der Waals surface area contributed by atoms with Crippen molar-refractivity contribution in [3.63, 3.8) is 0 Å². The molecule has 0 saturated heterocycles. The van der Waals surface area contributed by atoms with Crippen LogP contribution in [0.3, 0.4) is 0 Å². The van der Waals surface area contributed by atoms with Crippen molar-refractivity contribution in [2.45, 2.75) is 32.3 Å². The third kappa shape index (κ3) is 2.55. The second-order valence-electron chi connectivity index (χ2n) is 4.10. The van der Waals surface area contributed by atoms with Crippen LogP contribution in [0.15, 0.2) is 18.2 Å². The highest BCUT2D eigenvalue weighted by atomic mass is 35.5. The first kappa shape index (κ1) is 11.9. The summed E-state index contributed by atoms with van der Waals surface area (Å²) in [7, 11) is 0. The van der Waals surface area contributed by atoms with Gasteiger partial charge in [-0.25, -0.2) is 0 Å². The summed E-state index contributed by atoms with van der Waals surface area (Å²) in [5.74, 6) is -0.708. The van der Waals surface area contributed by atoms with Crippen molar-refractivity contribution >= 4 is 11.6 Å². The first-order valence-electron chi connectivity index (χ1n) is 5.29. The van der Waals surface area contributed by atoms with E-state index in [9.17, 15) is 0 Å². The number of hydrogen-bond acceptors (Lipinski definition) is 3. The van der Waals surface area contributed by atoms with Crippen LogP contribution in [0.25, 0.3) is 0 Å². The summed E-state index contributed by atoms with van der Waals surface area (Å²) in [5.41, 5.74) is 2.14. The van der Waals surface area contributed by atoms with Gasteiger partial charge in [0.2, 0.25) is 0 Å². The van der Waals surface area contributed by atoms with Crippen molar-refractivity contribution < 1.29 is 14.6 Å². The lowest BCUT2D eigenvalue weighted by atomic mass is 10.1. The number of fused-ring (bicyclic) bond motifs is 1. The normalized spacial score (nSPS) is 24.9. The summed E-state index contributed by atoms with van der Waals surface area (Å²) in [6.07, 6.45) is 0.467. The summed E-state index contributed by atoms with van der Waals surface area (Å²) in [6, 6.07) is 5.69. The van der Waals surface area contributed by atoms with Crippen LogP contribution in [0, 0.1) is 0 Å². The molecule has 1 aliphatic heterocycles. The fourth-order valence-electron chi connectivity index (χ4n) is 1.72. The molecule has 1 unspecified atom stereocenters. The molecule has 1 aromatic carbocycles. The van der Waals surface area contributed by atoms with E-state index in [1.54, 1.807) is 0 Å². The highest BCUT2D eigenvalue weighted by Crippen LogP contribution is 2.28. The molecule has 0 spiro atoms. The first-order chi connectivity index (χ1) is 7.63. The number of halogens is 1. The van der Waals surface area contributed by atoms with Gasteiger partial charge in [-0.3, -0.25) is 0 Å². The van der Waals surface area contributed by atoms with Gasteiger partial charge in [0.25, 0.3) is 0 Å². The fourth-order valence-corrected chi connectivity index (χ4v) is 1.91. The van der Waals surface area contributed by atoms with Crippen molar-refractivity contribution in [3.8, 4) is 0 Å². The maximum atomic E-state index is 8.96. The zero-order valence-electron chi connectivity index (χ0n) is 9.20. The summed E-state index contributed by atoms with van der Waals surface area (Å²) >= 11 is 5.93. The minimum absolute atomic E-state index is 0.0492. The molecular formula is C12H15ClO3. The Morgan fingerprint density at radius 1 is 1.31 bits per heavy atom. The van der Waals surface area contributed by atoms with Gasteiger partial charge in [-0.2, -0.15) is 0 Å². The highest BCUT2D eigenvalue weighted by molar-refractivity contribution is 6.30. The second kappa shape index (κ2) is 4.72. The van der Waals surface area contributed by atoms with Crippen molar-refractivity contribution in [2.24, 2.45) is 0 Å². The van der Waals surface area contributed by atoms with Crippen LogP contribution >= 0.6 is 11.6 Å². The lowest BCUT2D eigenvalue weighted by Gasteiger charge is -2.27. The van der Waals surface area contributed by atoms with E-state index in [-0.39, 0.29) is 6.61 Å². The monoisotopic (exact) mass is 242 g/mol. The molecule has 16 heavy (non-hydrogen) atoms. The molecule has 1 heterocycles. The number of aliphatic hydroxyl groups excluding tert-OH is 1. The Morgan fingerprint density at radius 3 is 2.69 bits per heavy atom. The Labute approximate surface area is 99.9 Å². The molecule has 1 aliphatic rings. The molecule has 1 atom stereocenters. The number of hydrogen-bond donors (Lipinski definition) is 1. The van der Waals surface area contributed by atoms with Crippen LogP contribution < -0.4 is 0 Å².